The van der Waals surface area contributed by atoms with E-state index in [4.69, 9.17) is 9.47 Å². The van der Waals surface area contributed by atoms with Crippen molar-refractivity contribution in [3.8, 4) is 16.9 Å². The maximum Gasteiger partial charge on any atom is 0.341 e. The molecule has 1 aromatic heterocycles. The molecule has 3 aromatic rings. The summed E-state index contributed by atoms with van der Waals surface area (Å²) in [6, 6.07) is 11.3. The van der Waals surface area contributed by atoms with Crippen LogP contribution in [0.3, 0.4) is 0 Å². The van der Waals surface area contributed by atoms with Gasteiger partial charge >= 0.3 is 5.97 Å². The minimum absolute atomic E-state index is 0.188. The molecule has 0 unspecified atom stereocenters. The van der Waals surface area contributed by atoms with Gasteiger partial charge < -0.3 is 14.8 Å². The van der Waals surface area contributed by atoms with Crippen LogP contribution in [0.1, 0.15) is 29.8 Å². The molecule has 0 spiro atoms. The Morgan fingerprint density at radius 1 is 1.12 bits per heavy atom. The Kier molecular flexibility index (Phi) is 8.19. The zero-order valence-corrected chi connectivity index (χ0v) is 19.9. The molecule has 32 heavy (non-hydrogen) atoms. The van der Waals surface area contributed by atoms with Crippen molar-refractivity contribution >= 4 is 50.2 Å². The number of rotatable bonds is 8. The predicted molar refractivity (Wildman–Crippen MR) is 129 cm³/mol. The van der Waals surface area contributed by atoms with E-state index in [9.17, 15) is 14.0 Å². The number of benzene rings is 2. The maximum absolute atomic E-state index is 13.3. The second-order valence-electron chi connectivity index (χ2n) is 6.52. The van der Waals surface area contributed by atoms with Crippen molar-refractivity contribution in [3.05, 3.63) is 75.3 Å². The van der Waals surface area contributed by atoms with Gasteiger partial charge in [-0.3, -0.25) is 4.79 Å². The quantitative estimate of drug-likeness (QED) is 0.272. The Bertz CT molecular complexity index is 1140. The van der Waals surface area contributed by atoms with Crippen LogP contribution in [0.15, 0.2) is 58.4 Å². The van der Waals surface area contributed by atoms with Crippen molar-refractivity contribution in [3.63, 3.8) is 0 Å². The van der Waals surface area contributed by atoms with E-state index in [1.807, 2.05) is 25.1 Å². The number of hydrogen-bond donors (Lipinski definition) is 1. The number of carbonyl (C=O) groups is 2. The molecular formula is C24H21BrFNO4S. The Hall–Kier alpha value is -2.97. The molecule has 5 nitrogen and oxygen atoms in total. The fraction of sp³-hybridized carbons (Fsp3) is 0.167. The van der Waals surface area contributed by atoms with Gasteiger partial charge in [0.25, 0.3) is 0 Å². The van der Waals surface area contributed by atoms with Crippen LogP contribution >= 0.6 is 27.3 Å². The fourth-order valence-electron chi connectivity index (χ4n) is 2.95. The molecule has 0 atom stereocenters. The van der Waals surface area contributed by atoms with Crippen LogP contribution in [0, 0.1) is 5.82 Å². The molecule has 0 saturated heterocycles. The van der Waals surface area contributed by atoms with Gasteiger partial charge in [0.15, 0.2) is 0 Å². The molecular weight excluding hydrogens is 497 g/mol. The molecule has 2 aromatic carbocycles. The molecule has 8 heteroatoms. The molecule has 0 radical (unpaired) electrons. The van der Waals surface area contributed by atoms with E-state index in [-0.39, 0.29) is 18.0 Å². The first-order chi connectivity index (χ1) is 15.4. The third-order valence-electron chi connectivity index (χ3n) is 4.35. The maximum atomic E-state index is 13.3. The number of anilines is 1. The Morgan fingerprint density at radius 2 is 1.88 bits per heavy atom. The smallest absolute Gasteiger partial charge is 0.341 e. The highest BCUT2D eigenvalue weighted by atomic mass is 79.9. The molecule has 0 aliphatic carbocycles. The lowest BCUT2D eigenvalue weighted by Crippen LogP contribution is -2.12. The van der Waals surface area contributed by atoms with Crippen LogP contribution in [-0.4, -0.2) is 25.1 Å². The number of halogens is 2. The number of amides is 1. The molecule has 1 amide bonds. The number of esters is 1. The third-order valence-corrected chi connectivity index (χ3v) is 5.74. The zero-order chi connectivity index (χ0) is 23.1. The molecule has 0 aliphatic rings. The van der Waals surface area contributed by atoms with Crippen LogP contribution in [0.25, 0.3) is 17.2 Å². The molecule has 1 heterocycles. The molecule has 0 bridgehead atoms. The number of nitrogens with one attached hydrogen (secondary N) is 1. The summed E-state index contributed by atoms with van der Waals surface area (Å²) in [6.07, 6.45) is 3.01. The number of hydrogen-bond acceptors (Lipinski definition) is 5. The molecule has 1 N–H and O–H groups in total. The second kappa shape index (κ2) is 11.1. The van der Waals surface area contributed by atoms with Gasteiger partial charge in [-0.25, -0.2) is 9.18 Å². The summed E-state index contributed by atoms with van der Waals surface area (Å²) in [5.74, 6) is -0.690. The summed E-state index contributed by atoms with van der Waals surface area (Å²) in [6.45, 7) is 4.28. The monoisotopic (exact) mass is 517 g/mol. The van der Waals surface area contributed by atoms with E-state index in [2.05, 4.69) is 21.2 Å². The molecule has 0 saturated carbocycles. The lowest BCUT2D eigenvalue weighted by atomic mass is 10.0. The van der Waals surface area contributed by atoms with E-state index in [1.54, 1.807) is 30.5 Å². The third kappa shape index (κ3) is 5.83. The van der Waals surface area contributed by atoms with Crippen molar-refractivity contribution in [1.82, 2.24) is 0 Å². The lowest BCUT2D eigenvalue weighted by molar-refractivity contribution is -0.111. The van der Waals surface area contributed by atoms with Gasteiger partial charge in [-0.2, -0.15) is 0 Å². The van der Waals surface area contributed by atoms with Gasteiger partial charge in [-0.15, -0.1) is 11.3 Å². The van der Waals surface area contributed by atoms with Gasteiger partial charge in [0, 0.05) is 27.1 Å². The van der Waals surface area contributed by atoms with Gasteiger partial charge in [0.05, 0.1) is 13.2 Å². The lowest BCUT2D eigenvalue weighted by Gasteiger charge is -2.09. The van der Waals surface area contributed by atoms with Gasteiger partial charge in [0.1, 0.15) is 22.1 Å². The van der Waals surface area contributed by atoms with Crippen molar-refractivity contribution in [2.75, 3.05) is 18.5 Å². The minimum atomic E-state index is -0.557. The highest BCUT2D eigenvalue weighted by Gasteiger charge is 2.22. The molecule has 166 valence electrons. The summed E-state index contributed by atoms with van der Waals surface area (Å²) in [5, 5.41) is 4.85. The average molecular weight is 518 g/mol. The van der Waals surface area contributed by atoms with Crippen LogP contribution < -0.4 is 10.1 Å². The summed E-state index contributed by atoms with van der Waals surface area (Å²) in [4.78, 5) is 25.2. The highest BCUT2D eigenvalue weighted by molar-refractivity contribution is 9.10. The number of thiophene rings is 1. The van der Waals surface area contributed by atoms with E-state index in [1.165, 1.54) is 29.5 Å². The van der Waals surface area contributed by atoms with E-state index < -0.39 is 11.9 Å². The molecule has 0 aliphatic heterocycles. The fourth-order valence-corrected chi connectivity index (χ4v) is 4.29. The largest absolute Gasteiger partial charge is 0.493 e. The SMILES string of the molecule is CCOC(=O)c1c(-c2ccc(F)cc2)csc1NC(=O)/C=C/c1cc(Br)ccc1OCC. The summed E-state index contributed by atoms with van der Waals surface area (Å²) in [5.41, 5.74) is 2.19. The summed E-state index contributed by atoms with van der Waals surface area (Å²) < 4.78 is 24.9. The van der Waals surface area contributed by atoms with Crippen LogP contribution in [0.5, 0.6) is 5.75 Å². The summed E-state index contributed by atoms with van der Waals surface area (Å²) >= 11 is 4.62. The van der Waals surface area contributed by atoms with Crippen molar-refractivity contribution in [2.45, 2.75) is 13.8 Å². The number of carbonyl (C=O) groups excluding carboxylic acids is 2. The zero-order valence-electron chi connectivity index (χ0n) is 17.5. The molecule has 3 rings (SSSR count). The number of ether oxygens (including phenoxy) is 2. The topological polar surface area (TPSA) is 64.6 Å². The Labute approximate surface area is 198 Å². The van der Waals surface area contributed by atoms with Gasteiger partial charge in [-0.1, -0.05) is 28.1 Å². The minimum Gasteiger partial charge on any atom is -0.493 e. The first-order valence-electron chi connectivity index (χ1n) is 9.88. The Morgan fingerprint density at radius 3 is 2.56 bits per heavy atom. The van der Waals surface area contributed by atoms with Crippen molar-refractivity contribution < 1.29 is 23.5 Å². The standard InChI is InChI=1S/C24H21BrFNO4S/c1-3-30-20-11-8-17(25)13-16(20)7-12-21(28)27-23-22(24(29)31-4-2)19(14-32-23)15-5-9-18(26)10-6-15/h5-14H,3-4H2,1-2H3,(H,27,28)/b12-7+. The first-order valence-corrected chi connectivity index (χ1v) is 11.6. The van der Waals surface area contributed by atoms with Crippen LogP contribution in [-0.2, 0) is 9.53 Å². The van der Waals surface area contributed by atoms with E-state index in [0.29, 0.717) is 28.5 Å². The second-order valence-corrected chi connectivity index (χ2v) is 8.31. The van der Waals surface area contributed by atoms with E-state index in [0.717, 1.165) is 10.0 Å². The average Bonchev–Trinajstić information content (AvgIpc) is 3.18. The van der Waals surface area contributed by atoms with Gasteiger partial charge in [0.2, 0.25) is 5.91 Å². The molecule has 0 fully saturated rings. The first kappa shape index (κ1) is 23.7. The van der Waals surface area contributed by atoms with Crippen molar-refractivity contribution in [1.29, 1.82) is 0 Å². The normalized spacial score (nSPS) is 10.9. The van der Waals surface area contributed by atoms with E-state index >= 15 is 0 Å². The van der Waals surface area contributed by atoms with Crippen LogP contribution in [0.2, 0.25) is 0 Å². The highest BCUT2D eigenvalue weighted by Crippen LogP contribution is 2.36. The summed E-state index contributed by atoms with van der Waals surface area (Å²) in [7, 11) is 0. The van der Waals surface area contributed by atoms with Crippen LogP contribution in [0.4, 0.5) is 9.39 Å². The van der Waals surface area contributed by atoms with Crippen molar-refractivity contribution in [2.24, 2.45) is 0 Å². The predicted octanol–water partition coefficient (Wildman–Crippen LogP) is 6.54. The Balaban J connectivity index is 1.87. The van der Waals surface area contributed by atoms with Gasteiger partial charge in [-0.05, 0) is 55.8 Å².